The first-order valence-corrected chi connectivity index (χ1v) is 6.68. The molecule has 0 bridgehead atoms. The monoisotopic (exact) mass is 233 g/mol. The van der Waals surface area contributed by atoms with Crippen molar-refractivity contribution in [3.05, 3.63) is 35.4 Å². The van der Waals surface area contributed by atoms with Gasteiger partial charge in [-0.25, -0.2) is 0 Å². The lowest BCUT2D eigenvalue weighted by molar-refractivity contribution is 0.251. The fourth-order valence-electron chi connectivity index (χ4n) is 2.68. The van der Waals surface area contributed by atoms with Gasteiger partial charge < -0.3 is 10.0 Å². The highest BCUT2D eigenvalue weighted by atomic mass is 16.2. The van der Waals surface area contributed by atoms with E-state index in [-0.39, 0.29) is 6.61 Å². The lowest BCUT2D eigenvalue weighted by atomic mass is 9.90. The Morgan fingerprint density at radius 3 is 2.71 bits per heavy atom. The van der Waals surface area contributed by atoms with Crippen LogP contribution in [0.15, 0.2) is 24.3 Å². The van der Waals surface area contributed by atoms with Crippen LogP contribution in [0.2, 0.25) is 0 Å². The average Bonchev–Trinajstić information content (AvgIpc) is 2.37. The molecule has 1 heterocycles. The van der Waals surface area contributed by atoms with Crippen molar-refractivity contribution in [2.24, 2.45) is 0 Å². The molecule has 1 aliphatic heterocycles. The topological polar surface area (TPSA) is 23.5 Å². The van der Waals surface area contributed by atoms with Crippen molar-refractivity contribution in [1.82, 2.24) is 4.90 Å². The number of likely N-dealkylation sites (N-methyl/N-ethyl adjacent to an activating group) is 1. The van der Waals surface area contributed by atoms with E-state index >= 15 is 0 Å². The molecule has 0 saturated carbocycles. The molecule has 1 aliphatic rings. The van der Waals surface area contributed by atoms with E-state index in [1.165, 1.54) is 37.1 Å². The SMILES string of the molecule is CN1CCCC(c2ccc(CCCO)cc2)C1. The molecule has 1 saturated heterocycles. The summed E-state index contributed by atoms with van der Waals surface area (Å²) in [6, 6.07) is 8.99. The Balaban J connectivity index is 1.96. The third-order valence-electron chi connectivity index (χ3n) is 3.70. The molecule has 1 aromatic rings. The highest BCUT2D eigenvalue weighted by Gasteiger charge is 2.18. The van der Waals surface area contributed by atoms with Crippen molar-refractivity contribution in [3.63, 3.8) is 0 Å². The predicted octanol–water partition coefficient (Wildman–Crippen LogP) is 2.42. The number of nitrogens with zero attached hydrogens (tertiary/aromatic N) is 1. The number of aliphatic hydroxyl groups is 1. The molecule has 1 atom stereocenters. The number of rotatable bonds is 4. The molecule has 2 heteroatoms. The Kier molecular flexibility index (Phi) is 4.57. The fourth-order valence-corrected chi connectivity index (χ4v) is 2.68. The Morgan fingerprint density at radius 2 is 2.06 bits per heavy atom. The van der Waals surface area contributed by atoms with Crippen LogP contribution in [0.5, 0.6) is 0 Å². The van der Waals surface area contributed by atoms with Gasteiger partial charge in [0, 0.05) is 13.2 Å². The van der Waals surface area contributed by atoms with Crippen molar-refractivity contribution in [1.29, 1.82) is 0 Å². The first-order valence-electron chi connectivity index (χ1n) is 6.68. The highest BCUT2D eigenvalue weighted by molar-refractivity contribution is 5.26. The minimum atomic E-state index is 0.287. The summed E-state index contributed by atoms with van der Waals surface area (Å²) in [5, 5.41) is 8.81. The van der Waals surface area contributed by atoms with Crippen LogP contribution in [0.3, 0.4) is 0 Å². The van der Waals surface area contributed by atoms with Crippen molar-refractivity contribution in [2.45, 2.75) is 31.6 Å². The van der Waals surface area contributed by atoms with Gasteiger partial charge in [0.1, 0.15) is 0 Å². The van der Waals surface area contributed by atoms with Gasteiger partial charge in [-0.1, -0.05) is 24.3 Å². The number of benzene rings is 1. The van der Waals surface area contributed by atoms with E-state index in [1.54, 1.807) is 0 Å². The number of hydrogen-bond acceptors (Lipinski definition) is 2. The summed E-state index contributed by atoms with van der Waals surface area (Å²) in [5.41, 5.74) is 2.82. The Bertz CT molecular complexity index is 333. The van der Waals surface area contributed by atoms with Crippen LogP contribution in [0, 0.1) is 0 Å². The summed E-state index contributed by atoms with van der Waals surface area (Å²) in [7, 11) is 2.21. The second kappa shape index (κ2) is 6.18. The summed E-state index contributed by atoms with van der Waals surface area (Å²) in [6.45, 7) is 2.72. The third-order valence-corrected chi connectivity index (χ3v) is 3.70. The number of aryl methyl sites for hydroxylation is 1. The maximum absolute atomic E-state index is 8.81. The molecule has 0 aliphatic carbocycles. The summed E-state index contributed by atoms with van der Waals surface area (Å²) < 4.78 is 0. The van der Waals surface area contributed by atoms with Crippen LogP contribution in [0.25, 0.3) is 0 Å². The van der Waals surface area contributed by atoms with Crippen LogP contribution in [0.1, 0.15) is 36.3 Å². The molecule has 0 aromatic heterocycles. The maximum atomic E-state index is 8.81. The number of aliphatic hydroxyl groups excluding tert-OH is 1. The number of piperidine rings is 1. The normalized spacial score (nSPS) is 21.6. The quantitative estimate of drug-likeness (QED) is 0.863. The van der Waals surface area contributed by atoms with Crippen LogP contribution in [0.4, 0.5) is 0 Å². The number of likely N-dealkylation sites (tertiary alicyclic amines) is 1. The average molecular weight is 233 g/mol. The standard InChI is InChI=1S/C15H23NO/c1-16-10-2-5-15(12-16)14-8-6-13(7-9-14)4-3-11-17/h6-9,15,17H,2-5,10-12H2,1H3. The van der Waals surface area contributed by atoms with Crippen LogP contribution in [-0.2, 0) is 6.42 Å². The van der Waals surface area contributed by atoms with E-state index in [0.29, 0.717) is 5.92 Å². The second-order valence-corrected chi connectivity index (χ2v) is 5.17. The van der Waals surface area contributed by atoms with Gasteiger partial charge in [-0.2, -0.15) is 0 Å². The van der Waals surface area contributed by atoms with E-state index in [9.17, 15) is 0 Å². The second-order valence-electron chi connectivity index (χ2n) is 5.17. The summed E-state index contributed by atoms with van der Waals surface area (Å²) in [5.74, 6) is 0.709. The van der Waals surface area contributed by atoms with Crippen LogP contribution >= 0.6 is 0 Å². The molecular formula is C15H23NO. The van der Waals surface area contributed by atoms with E-state index in [4.69, 9.17) is 5.11 Å². The molecule has 2 nitrogen and oxygen atoms in total. The number of hydrogen-bond donors (Lipinski definition) is 1. The van der Waals surface area contributed by atoms with Gasteiger partial charge in [-0.05, 0) is 56.3 Å². The van der Waals surface area contributed by atoms with Gasteiger partial charge in [-0.3, -0.25) is 0 Å². The van der Waals surface area contributed by atoms with E-state index < -0.39 is 0 Å². The van der Waals surface area contributed by atoms with Crippen molar-refractivity contribution in [2.75, 3.05) is 26.7 Å². The van der Waals surface area contributed by atoms with Gasteiger partial charge in [0.15, 0.2) is 0 Å². The molecule has 1 fully saturated rings. The summed E-state index contributed by atoms with van der Waals surface area (Å²) in [4.78, 5) is 2.42. The van der Waals surface area contributed by atoms with Crippen molar-refractivity contribution in [3.8, 4) is 0 Å². The van der Waals surface area contributed by atoms with E-state index in [0.717, 1.165) is 12.8 Å². The van der Waals surface area contributed by atoms with Crippen LogP contribution < -0.4 is 0 Å². The molecule has 94 valence electrons. The molecule has 2 rings (SSSR count). The smallest absolute Gasteiger partial charge is 0.0434 e. The Morgan fingerprint density at radius 1 is 1.29 bits per heavy atom. The fraction of sp³-hybridized carbons (Fsp3) is 0.600. The predicted molar refractivity (Wildman–Crippen MR) is 71.3 cm³/mol. The van der Waals surface area contributed by atoms with Gasteiger partial charge in [0.25, 0.3) is 0 Å². The van der Waals surface area contributed by atoms with Gasteiger partial charge in [0.05, 0.1) is 0 Å². The minimum Gasteiger partial charge on any atom is -0.396 e. The molecule has 0 radical (unpaired) electrons. The zero-order chi connectivity index (χ0) is 12.1. The zero-order valence-electron chi connectivity index (χ0n) is 10.7. The molecular weight excluding hydrogens is 210 g/mol. The molecule has 17 heavy (non-hydrogen) atoms. The lowest BCUT2D eigenvalue weighted by Crippen LogP contribution is -2.30. The Labute approximate surface area is 104 Å². The van der Waals surface area contributed by atoms with E-state index in [2.05, 4.69) is 36.2 Å². The largest absolute Gasteiger partial charge is 0.396 e. The molecule has 0 spiro atoms. The van der Waals surface area contributed by atoms with Gasteiger partial charge in [0.2, 0.25) is 0 Å². The zero-order valence-corrected chi connectivity index (χ0v) is 10.7. The molecule has 0 amide bonds. The summed E-state index contributed by atoms with van der Waals surface area (Å²) >= 11 is 0. The molecule has 1 N–H and O–H groups in total. The van der Waals surface area contributed by atoms with E-state index in [1.807, 2.05) is 0 Å². The third kappa shape index (κ3) is 3.55. The summed E-state index contributed by atoms with van der Waals surface area (Å²) in [6.07, 6.45) is 4.49. The first-order chi connectivity index (χ1) is 8.29. The first kappa shape index (κ1) is 12.6. The lowest BCUT2D eigenvalue weighted by Gasteiger charge is -2.30. The van der Waals surface area contributed by atoms with Gasteiger partial charge in [-0.15, -0.1) is 0 Å². The molecule has 1 unspecified atom stereocenters. The van der Waals surface area contributed by atoms with Crippen molar-refractivity contribution < 1.29 is 5.11 Å². The van der Waals surface area contributed by atoms with Crippen molar-refractivity contribution >= 4 is 0 Å². The minimum absolute atomic E-state index is 0.287. The van der Waals surface area contributed by atoms with Gasteiger partial charge >= 0.3 is 0 Å². The maximum Gasteiger partial charge on any atom is 0.0434 e. The highest BCUT2D eigenvalue weighted by Crippen LogP contribution is 2.26. The Hall–Kier alpha value is -0.860. The molecule has 1 aromatic carbocycles. The van der Waals surface area contributed by atoms with Crippen LogP contribution in [-0.4, -0.2) is 36.8 Å².